The lowest BCUT2D eigenvalue weighted by Gasteiger charge is -2.09. The topological polar surface area (TPSA) is 107 Å². The Hall–Kier alpha value is -1.91. The Morgan fingerprint density at radius 1 is 1.50 bits per heavy atom. The molecule has 2 N–H and O–H groups in total. The van der Waals surface area contributed by atoms with Crippen LogP contribution in [0.1, 0.15) is 24.5 Å². The summed E-state index contributed by atoms with van der Waals surface area (Å²) in [4.78, 5) is 10.7. The average molecular weight is 296 g/mol. The molecule has 0 aromatic heterocycles. The molecule has 0 fully saturated rings. The van der Waals surface area contributed by atoms with Gasteiger partial charge in [-0.3, -0.25) is 4.79 Å². The minimum absolute atomic E-state index is 0.0504. The number of aryl methyl sites for hydroxylation is 1. The third-order valence-electron chi connectivity index (χ3n) is 2.92. The zero-order valence-corrected chi connectivity index (χ0v) is 12.1. The molecule has 108 valence electrons. The number of carboxylic acid groups (broad SMARTS) is 1. The molecule has 1 rings (SSSR count). The lowest BCUT2D eigenvalue weighted by atomic mass is 10.1. The van der Waals surface area contributed by atoms with Crippen molar-refractivity contribution in [3.8, 4) is 6.07 Å². The summed E-state index contributed by atoms with van der Waals surface area (Å²) in [6, 6.07) is 6.19. The summed E-state index contributed by atoms with van der Waals surface area (Å²) >= 11 is 0. The molecule has 0 spiro atoms. The molecular formula is C13H16N2O4S. The molecule has 6 nitrogen and oxygen atoms in total. The normalized spacial score (nSPS) is 12.7. The summed E-state index contributed by atoms with van der Waals surface area (Å²) in [5, 5.41) is 17.5. The van der Waals surface area contributed by atoms with Gasteiger partial charge in [-0.1, -0.05) is 6.92 Å². The smallest absolute Gasteiger partial charge is 0.306 e. The van der Waals surface area contributed by atoms with E-state index in [0.717, 1.165) is 0 Å². The number of hydrogen-bond acceptors (Lipinski definition) is 4. The van der Waals surface area contributed by atoms with Crippen LogP contribution in [0.2, 0.25) is 0 Å². The first-order chi connectivity index (χ1) is 9.27. The van der Waals surface area contributed by atoms with Crippen LogP contribution in [0.3, 0.4) is 0 Å². The van der Waals surface area contributed by atoms with Crippen LogP contribution in [0, 0.1) is 24.2 Å². The summed E-state index contributed by atoms with van der Waals surface area (Å²) in [7, 11) is -3.68. The molecule has 0 amide bonds. The summed E-state index contributed by atoms with van der Waals surface area (Å²) in [6.45, 7) is 3.22. The highest BCUT2D eigenvalue weighted by molar-refractivity contribution is 7.89. The summed E-state index contributed by atoms with van der Waals surface area (Å²) in [6.07, 6.45) is 0.212. The van der Waals surface area contributed by atoms with Crippen molar-refractivity contribution < 1.29 is 18.3 Å². The lowest BCUT2D eigenvalue weighted by Crippen LogP contribution is -2.27. The summed E-state index contributed by atoms with van der Waals surface area (Å²) < 4.78 is 26.3. The molecule has 7 heteroatoms. The van der Waals surface area contributed by atoms with E-state index in [1.807, 2.05) is 6.07 Å². The van der Waals surface area contributed by atoms with Gasteiger partial charge in [-0.2, -0.15) is 5.26 Å². The van der Waals surface area contributed by atoms with E-state index in [2.05, 4.69) is 4.72 Å². The van der Waals surface area contributed by atoms with Gasteiger partial charge >= 0.3 is 5.97 Å². The highest BCUT2D eigenvalue weighted by atomic mass is 32.2. The first-order valence-electron chi connectivity index (χ1n) is 6.01. The van der Waals surface area contributed by atoms with E-state index in [1.165, 1.54) is 25.1 Å². The van der Waals surface area contributed by atoms with Crippen LogP contribution in [0.25, 0.3) is 0 Å². The number of carbonyl (C=O) groups is 1. The van der Waals surface area contributed by atoms with Crippen molar-refractivity contribution in [2.24, 2.45) is 5.92 Å². The maximum Gasteiger partial charge on any atom is 0.306 e. The highest BCUT2D eigenvalue weighted by Crippen LogP contribution is 2.15. The molecule has 1 aromatic rings. The van der Waals surface area contributed by atoms with Crippen molar-refractivity contribution in [3.05, 3.63) is 29.3 Å². The molecular weight excluding hydrogens is 280 g/mol. The van der Waals surface area contributed by atoms with Crippen molar-refractivity contribution in [3.63, 3.8) is 0 Å². The van der Waals surface area contributed by atoms with E-state index in [9.17, 15) is 13.2 Å². The van der Waals surface area contributed by atoms with E-state index in [4.69, 9.17) is 10.4 Å². The number of aliphatic carboxylic acids is 1. The Bertz CT molecular complexity index is 647. The summed E-state index contributed by atoms with van der Waals surface area (Å²) in [5.41, 5.74) is 0.998. The highest BCUT2D eigenvalue weighted by Gasteiger charge is 2.16. The molecule has 0 bridgehead atoms. The van der Waals surface area contributed by atoms with Gasteiger partial charge in [0, 0.05) is 6.54 Å². The van der Waals surface area contributed by atoms with Crippen LogP contribution in [-0.4, -0.2) is 26.0 Å². The third-order valence-corrected chi connectivity index (χ3v) is 4.38. The summed E-state index contributed by atoms with van der Waals surface area (Å²) in [5.74, 6) is -1.57. The van der Waals surface area contributed by atoms with Crippen molar-refractivity contribution in [2.45, 2.75) is 25.2 Å². The second kappa shape index (κ2) is 6.50. The Balaban J connectivity index is 2.77. The lowest BCUT2D eigenvalue weighted by molar-refractivity contribution is -0.141. The van der Waals surface area contributed by atoms with Crippen molar-refractivity contribution in [1.82, 2.24) is 4.72 Å². The molecule has 0 saturated carbocycles. The molecule has 0 aliphatic heterocycles. The maximum atomic E-state index is 12.0. The molecule has 1 aromatic carbocycles. The molecule has 20 heavy (non-hydrogen) atoms. The number of hydrogen-bond donors (Lipinski definition) is 2. The zero-order valence-electron chi connectivity index (χ0n) is 11.3. The van der Waals surface area contributed by atoms with Gasteiger partial charge in [0.15, 0.2) is 0 Å². The quantitative estimate of drug-likeness (QED) is 0.821. The standard InChI is InChI=1S/C13H16N2O4S/c1-9(13(16)17)5-6-15-20(18,19)12-4-3-11(8-14)10(2)7-12/h3-4,7,9,15H,5-6H2,1-2H3,(H,16,17). The van der Waals surface area contributed by atoms with Gasteiger partial charge in [0.2, 0.25) is 10.0 Å². The first-order valence-corrected chi connectivity index (χ1v) is 7.49. The predicted molar refractivity (Wildman–Crippen MR) is 72.5 cm³/mol. The van der Waals surface area contributed by atoms with Gasteiger partial charge in [-0.15, -0.1) is 0 Å². The van der Waals surface area contributed by atoms with Crippen LogP contribution < -0.4 is 4.72 Å². The monoisotopic (exact) mass is 296 g/mol. The Kier molecular flexibility index (Phi) is 5.25. The molecule has 0 aliphatic rings. The Morgan fingerprint density at radius 3 is 2.65 bits per heavy atom. The van der Waals surface area contributed by atoms with Gasteiger partial charge in [0.25, 0.3) is 0 Å². The number of nitrogens with zero attached hydrogens (tertiary/aromatic N) is 1. The molecule has 1 unspecified atom stereocenters. The molecule has 0 aliphatic carbocycles. The number of carboxylic acids is 1. The fourth-order valence-electron chi connectivity index (χ4n) is 1.55. The Morgan fingerprint density at radius 2 is 2.15 bits per heavy atom. The minimum Gasteiger partial charge on any atom is -0.481 e. The van der Waals surface area contributed by atoms with Crippen molar-refractivity contribution >= 4 is 16.0 Å². The van der Waals surface area contributed by atoms with Crippen LogP contribution in [0.5, 0.6) is 0 Å². The fraction of sp³-hybridized carbons (Fsp3) is 0.385. The SMILES string of the molecule is Cc1cc(S(=O)(=O)NCCC(C)C(=O)O)ccc1C#N. The number of rotatable bonds is 6. The van der Waals surface area contributed by atoms with Gasteiger partial charge in [-0.05, 0) is 37.1 Å². The van der Waals surface area contributed by atoms with Gasteiger partial charge in [0.1, 0.15) is 0 Å². The molecule has 0 saturated heterocycles. The molecule has 0 radical (unpaired) electrons. The minimum atomic E-state index is -3.68. The number of sulfonamides is 1. The Labute approximate surface area is 118 Å². The van der Waals surface area contributed by atoms with Gasteiger partial charge in [-0.25, -0.2) is 13.1 Å². The second-order valence-electron chi connectivity index (χ2n) is 4.51. The largest absolute Gasteiger partial charge is 0.481 e. The first kappa shape index (κ1) is 16.1. The number of nitriles is 1. The van der Waals surface area contributed by atoms with Crippen LogP contribution in [-0.2, 0) is 14.8 Å². The van der Waals surface area contributed by atoms with Crippen LogP contribution in [0.4, 0.5) is 0 Å². The second-order valence-corrected chi connectivity index (χ2v) is 6.28. The van der Waals surface area contributed by atoms with E-state index in [0.29, 0.717) is 11.1 Å². The maximum absolute atomic E-state index is 12.0. The average Bonchev–Trinajstić information content (AvgIpc) is 2.38. The van der Waals surface area contributed by atoms with Gasteiger partial charge < -0.3 is 5.11 Å². The van der Waals surface area contributed by atoms with Crippen molar-refractivity contribution in [2.75, 3.05) is 6.54 Å². The van der Waals surface area contributed by atoms with Crippen LogP contribution in [0.15, 0.2) is 23.1 Å². The predicted octanol–water partition coefficient (Wildman–Crippen LogP) is 1.26. The van der Waals surface area contributed by atoms with Crippen LogP contribution >= 0.6 is 0 Å². The molecule has 0 heterocycles. The van der Waals surface area contributed by atoms with Gasteiger partial charge in [0.05, 0.1) is 22.4 Å². The third kappa shape index (κ3) is 4.05. The molecule has 1 atom stereocenters. The fourth-order valence-corrected chi connectivity index (χ4v) is 2.68. The van der Waals surface area contributed by atoms with Crippen molar-refractivity contribution in [1.29, 1.82) is 5.26 Å². The van der Waals surface area contributed by atoms with E-state index in [1.54, 1.807) is 6.92 Å². The zero-order chi connectivity index (χ0) is 15.3. The number of nitrogens with one attached hydrogen (secondary N) is 1. The van der Waals surface area contributed by atoms with E-state index >= 15 is 0 Å². The van der Waals surface area contributed by atoms with E-state index < -0.39 is 21.9 Å². The van der Waals surface area contributed by atoms with E-state index in [-0.39, 0.29) is 17.9 Å². The number of benzene rings is 1.